The summed E-state index contributed by atoms with van der Waals surface area (Å²) in [7, 11) is 0. The normalized spacial score (nSPS) is 12.1. The molecule has 0 bridgehead atoms. The van der Waals surface area contributed by atoms with Crippen LogP contribution < -0.4 is 5.32 Å². The average Bonchev–Trinajstić information content (AvgIpc) is 2.68. The summed E-state index contributed by atoms with van der Waals surface area (Å²) in [5.41, 5.74) is 2.57. The quantitative estimate of drug-likeness (QED) is 0.529. The van der Waals surface area contributed by atoms with Crippen LogP contribution in [0.5, 0.6) is 0 Å². The largest absolute Gasteiger partial charge is 0.449 e. The summed E-state index contributed by atoms with van der Waals surface area (Å²) >= 11 is 0. The molecule has 3 aromatic carbocycles. The van der Waals surface area contributed by atoms with Gasteiger partial charge < -0.3 is 10.1 Å². The van der Waals surface area contributed by atoms with E-state index in [1.807, 2.05) is 73.7 Å². The van der Waals surface area contributed by atoms with E-state index in [1.165, 1.54) is 6.08 Å². The van der Waals surface area contributed by atoms with E-state index < -0.39 is 12.1 Å². The van der Waals surface area contributed by atoms with Crippen molar-refractivity contribution in [2.75, 3.05) is 5.32 Å². The zero-order valence-electron chi connectivity index (χ0n) is 15.3. The lowest BCUT2D eigenvalue weighted by atomic mass is 10.0. The van der Waals surface area contributed by atoms with Gasteiger partial charge in [0.15, 0.2) is 6.10 Å². The highest BCUT2D eigenvalue weighted by atomic mass is 16.5. The van der Waals surface area contributed by atoms with Gasteiger partial charge in [-0.3, -0.25) is 4.79 Å². The highest BCUT2D eigenvalue weighted by Crippen LogP contribution is 2.19. The van der Waals surface area contributed by atoms with Crippen molar-refractivity contribution in [2.45, 2.75) is 20.0 Å². The lowest BCUT2D eigenvalue weighted by Crippen LogP contribution is -2.29. The Kier molecular flexibility index (Phi) is 5.67. The maximum absolute atomic E-state index is 12.2. The molecule has 4 heteroatoms. The third-order valence-electron chi connectivity index (χ3n) is 4.29. The molecule has 27 heavy (non-hydrogen) atoms. The van der Waals surface area contributed by atoms with Crippen LogP contribution in [0, 0.1) is 6.92 Å². The van der Waals surface area contributed by atoms with Crippen LogP contribution in [0.25, 0.3) is 16.8 Å². The molecule has 0 saturated carbocycles. The maximum Gasteiger partial charge on any atom is 0.331 e. The molecule has 0 heterocycles. The Morgan fingerprint density at radius 1 is 0.963 bits per heavy atom. The molecule has 1 atom stereocenters. The predicted octanol–water partition coefficient (Wildman–Crippen LogP) is 4.73. The number of fused-ring (bicyclic) bond motifs is 1. The number of carbonyl (C=O) groups is 2. The van der Waals surface area contributed by atoms with Crippen molar-refractivity contribution in [1.82, 2.24) is 0 Å². The molecule has 4 nitrogen and oxygen atoms in total. The molecule has 0 aliphatic carbocycles. The van der Waals surface area contributed by atoms with Gasteiger partial charge in [0, 0.05) is 11.8 Å². The van der Waals surface area contributed by atoms with E-state index in [2.05, 4.69) is 5.32 Å². The van der Waals surface area contributed by atoms with Crippen LogP contribution in [0.15, 0.2) is 72.8 Å². The van der Waals surface area contributed by atoms with Gasteiger partial charge in [-0.1, -0.05) is 60.7 Å². The lowest BCUT2D eigenvalue weighted by Gasteiger charge is -2.13. The van der Waals surface area contributed by atoms with Crippen molar-refractivity contribution in [2.24, 2.45) is 0 Å². The predicted molar refractivity (Wildman–Crippen MR) is 108 cm³/mol. The van der Waals surface area contributed by atoms with E-state index in [1.54, 1.807) is 13.0 Å². The Balaban J connectivity index is 1.63. The summed E-state index contributed by atoms with van der Waals surface area (Å²) in [5, 5.41) is 4.92. The fraction of sp³-hybridized carbons (Fsp3) is 0.130. The Morgan fingerprint density at radius 3 is 2.48 bits per heavy atom. The first-order chi connectivity index (χ1) is 13.0. The van der Waals surface area contributed by atoms with Crippen LogP contribution in [-0.4, -0.2) is 18.0 Å². The SMILES string of the molecule is Cc1ccccc1NC(=O)[C@@H](C)OC(=O)/C=C/c1cccc2ccccc12. The number of aryl methyl sites for hydroxylation is 1. The van der Waals surface area contributed by atoms with Gasteiger partial charge in [-0.15, -0.1) is 0 Å². The second kappa shape index (κ2) is 8.32. The Morgan fingerprint density at radius 2 is 1.67 bits per heavy atom. The monoisotopic (exact) mass is 359 g/mol. The van der Waals surface area contributed by atoms with Gasteiger partial charge in [0.1, 0.15) is 0 Å². The van der Waals surface area contributed by atoms with E-state index in [-0.39, 0.29) is 5.91 Å². The molecule has 1 amide bonds. The number of ether oxygens (including phenoxy) is 1. The van der Waals surface area contributed by atoms with Gasteiger partial charge >= 0.3 is 5.97 Å². The Bertz CT molecular complexity index is 1000. The molecular formula is C23H21NO3. The Labute approximate surface area is 158 Å². The number of amides is 1. The zero-order chi connectivity index (χ0) is 19.2. The second-order valence-corrected chi connectivity index (χ2v) is 6.28. The van der Waals surface area contributed by atoms with E-state index in [0.717, 1.165) is 21.9 Å². The van der Waals surface area contributed by atoms with Crippen molar-refractivity contribution < 1.29 is 14.3 Å². The minimum absolute atomic E-state index is 0.365. The first kappa shape index (κ1) is 18.4. The van der Waals surface area contributed by atoms with Crippen LogP contribution in [0.4, 0.5) is 5.69 Å². The summed E-state index contributed by atoms with van der Waals surface area (Å²) in [6.07, 6.45) is 2.16. The van der Waals surface area contributed by atoms with E-state index in [0.29, 0.717) is 5.69 Å². The number of nitrogens with one attached hydrogen (secondary N) is 1. The standard InChI is InChI=1S/C23H21NO3/c1-16-8-3-6-13-21(16)24-23(26)17(2)27-22(25)15-14-19-11-7-10-18-9-4-5-12-20(18)19/h3-15,17H,1-2H3,(H,24,26)/b15-14+/t17-/m1/s1. The molecule has 0 unspecified atom stereocenters. The smallest absolute Gasteiger partial charge is 0.331 e. The highest BCUT2D eigenvalue weighted by molar-refractivity contribution is 5.98. The summed E-state index contributed by atoms with van der Waals surface area (Å²) in [6, 6.07) is 21.3. The zero-order valence-corrected chi connectivity index (χ0v) is 15.3. The number of anilines is 1. The number of carbonyl (C=O) groups excluding carboxylic acids is 2. The molecule has 3 aromatic rings. The number of para-hydroxylation sites is 1. The average molecular weight is 359 g/mol. The van der Waals surface area contributed by atoms with Crippen molar-refractivity contribution in [3.63, 3.8) is 0 Å². The van der Waals surface area contributed by atoms with Gasteiger partial charge in [-0.25, -0.2) is 4.79 Å². The first-order valence-electron chi connectivity index (χ1n) is 8.77. The molecule has 0 spiro atoms. The fourth-order valence-electron chi connectivity index (χ4n) is 2.77. The van der Waals surface area contributed by atoms with Crippen molar-refractivity contribution in [3.05, 3.63) is 83.9 Å². The molecule has 0 aliphatic heterocycles. The number of rotatable bonds is 5. The molecule has 1 N–H and O–H groups in total. The molecule has 0 aromatic heterocycles. The van der Waals surface area contributed by atoms with Gasteiger partial charge in [-0.2, -0.15) is 0 Å². The topological polar surface area (TPSA) is 55.4 Å². The summed E-state index contributed by atoms with van der Waals surface area (Å²) in [4.78, 5) is 24.3. The molecule has 0 saturated heterocycles. The molecule has 0 fully saturated rings. The van der Waals surface area contributed by atoms with Gasteiger partial charge in [0.05, 0.1) is 0 Å². The minimum atomic E-state index is -0.894. The third kappa shape index (κ3) is 4.61. The maximum atomic E-state index is 12.2. The lowest BCUT2D eigenvalue weighted by molar-refractivity contribution is -0.148. The molecule has 3 rings (SSSR count). The number of hydrogen-bond acceptors (Lipinski definition) is 3. The minimum Gasteiger partial charge on any atom is -0.449 e. The number of hydrogen-bond donors (Lipinski definition) is 1. The molecule has 0 radical (unpaired) electrons. The highest BCUT2D eigenvalue weighted by Gasteiger charge is 2.17. The van der Waals surface area contributed by atoms with Gasteiger partial charge in [0.2, 0.25) is 0 Å². The van der Waals surface area contributed by atoms with E-state index >= 15 is 0 Å². The van der Waals surface area contributed by atoms with Crippen LogP contribution >= 0.6 is 0 Å². The van der Waals surface area contributed by atoms with Gasteiger partial charge in [-0.05, 0) is 47.9 Å². The van der Waals surface area contributed by atoms with Crippen molar-refractivity contribution in [1.29, 1.82) is 0 Å². The molecule has 0 aliphatic rings. The van der Waals surface area contributed by atoms with E-state index in [4.69, 9.17) is 4.74 Å². The van der Waals surface area contributed by atoms with Gasteiger partial charge in [0.25, 0.3) is 5.91 Å². The fourth-order valence-corrected chi connectivity index (χ4v) is 2.77. The van der Waals surface area contributed by atoms with Crippen LogP contribution in [0.2, 0.25) is 0 Å². The molecular weight excluding hydrogens is 338 g/mol. The number of benzene rings is 3. The van der Waals surface area contributed by atoms with Crippen molar-refractivity contribution >= 4 is 34.4 Å². The van der Waals surface area contributed by atoms with Crippen molar-refractivity contribution in [3.8, 4) is 0 Å². The summed E-state index contributed by atoms with van der Waals surface area (Å²) in [6.45, 7) is 3.45. The van der Waals surface area contributed by atoms with Crippen LogP contribution in [-0.2, 0) is 14.3 Å². The molecule has 136 valence electrons. The first-order valence-corrected chi connectivity index (χ1v) is 8.77. The number of esters is 1. The summed E-state index contributed by atoms with van der Waals surface area (Å²) < 4.78 is 5.22. The summed E-state index contributed by atoms with van der Waals surface area (Å²) in [5.74, 6) is -0.924. The van der Waals surface area contributed by atoms with Crippen LogP contribution in [0.3, 0.4) is 0 Å². The second-order valence-electron chi connectivity index (χ2n) is 6.28. The van der Waals surface area contributed by atoms with E-state index in [9.17, 15) is 9.59 Å². The van der Waals surface area contributed by atoms with Crippen LogP contribution in [0.1, 0.15) is 18.1 Å². The third-order valence-corrected chi connectivity index (χ3v) is 4.29. The Hall–Kier alpha value is -3.40.